The molecule has 0 bridgehead atoms. The number of nitrogens with one attached hydrogen (secondary N) is 1. The average Bonchev–Trinajstić information content (AvgIpc) is 3.23. The highest BCUT2D eigenvalue weighted by Gasteiger charge is 2.25. The quantitative estimate of drug-likeness (QED) is 0.225. The Morgan fingerprint density at radius 3 is 2.90 bits per heavy atom. The lowest BCUT2D eigenvalue weighted by Gasteiger charge is -2.22. The number of likely N-dealkylation sites (tertiary alicyclic amines) is 1. The molecule has 0 spiro atoms. The first kappa shape index (κ1) is 25.3. The van der Waals surface area contributed by atoms with E-state index in [1.54, 1.807) is 44.8 Å². The number of pyridine rings is 1. The molecule has 0 saturated carbocycles. The molecule has 7 nitrogen and oxygen atoms in total. The zero-order chi connectivity index (χ0) is 21.2. The van der Waals surface area contributed by atoms with E-state index in [-0.39, 0.29) is 29.7 Å². The van der Waals surface area contributed by atoms with Gasteiger partial charge in [-0.15, -0.1) is 24.0 Å². The van der Waals surface area contributed by atoms with Crippen LogP contribution in [0.1, 0.15) is 12.0 Å². The van der Waals surface area contributed by atoms with Crippen molar-refractivity contribution in [3.05, 3.63) is 54.1 Å². The maximum atomic E-state index is 14.4. The first-order valence-corrected chi connectivity index (χ1v) is 10.1. The van der Waals surface area contributed by atoms with Crippen molar-refractivity contribution in [2.45, 2.75) is 13.0 Å². The summed E-state index contributed by atoms with van der Waals surface area (Å²) in [6.07, 6.45) is 4.25. The summed E-state index contributed by atoms with van der Waals surface area (Å²) < 4.78 is 30.6. The van der Waals surface area contributed by atoms with Gasteiger partial charge in [0.05, 0.1) is 26.0 Å². The molecule has 0 amide bonds. The summed E-state index contributed by atoms with van der Waals surface area (Å²) in [6, 6.07) is 8.42. The van der Waals surface area contributed by atoms with E-state index in [1.807, 2.05) is 6.07 Å². The minimum absolute atomic E-state index is 0. The first-order chi connectivity index (χ1) is 14.7. The molecule has 1 aromatic heterocycles. The normalized spacial score (nSPS) is 16.2. The Morgan fingerprint density at radius 1 is 1.32 bits per heavy atom. The van der Waals surface area contributed by atoms with Crippen LogP contribution in [0, 0.1) is 11.7 Å². The van der Waals surface area contributed by atoms with Crippen LogP contribution in [0.2, 0.25) is 0 Å². The highest BCUT2D eigenvalue weighted by molar-refractivity contribution is 14.0. The lowest BCUT2D eigenvalue weighted by Crippen LogP contribution is -2.39. The summed E-state index contributed by atoms with van der Waals surface area (Å²) in [7, 11) is 3.43. The molecule has 31 heavy (non-hydrogen) atoms. The zero-order valence-corrected chi connectivity index (χ0v) is 20.3. The number of aromatic nitrogens is 1. The van der Waals surface area contributed by atoms with Gasteiger partial charge in [0.2, 0.25) is 0 Å². The van der Waals surface area contributed by atoms with Gasteiger partial charge < -0.3 is 24.4 Å². The molecule has 1 N–H and O–H groups in total. The van der Waals surface area contributed by atoms with Crippen molar-refractivity contribution >= 4 is 29.9 Å². The molecule has 170 valence electrons. The summed E-state index contributed by atoms with van der Waals surface area (Å²) in [4.78, 5) is 10.5. The maximum absolute atomic E-state index is 14.4. The van der Waals surface area contributed by atoms with Crippen LogP contribution >= 0.6 is 24.0 Å². The van der Waals surface area contributed by atoms with Gasteiger partial charge in [-0.05, 0) is 36.2 Å². The van der Waals surface area contributed by atoms with Crippen LogP contribution in [-0.4, -0.2) is 62.9 Å². The Hall–Kier alpha value is -1.98. The van der Waals surface area contributed by atoms with Crippen LogP contribution in [0.3, 0.4) is 0 Å². The van der Waals surface area contributed by atoms with Crippen molar-refractivity contribution in [3.63, 3.8) is 0 Å². The Kier molecular flexibility index (Phi) is 11.0. The van der Waals surface area contributed by atoms with Gasteiger partial charge in [0.1, 0.15) is 5.75 Å². The molecule has 2 aromatic rings. The van der Waals surface area contributed by atoms with Crippen LogP contribution in [0.5, 0.6) is 11.5 Å². The van der Waals surface area contributed by atoms with E-state index in [0.717, 1.165) is 37.6 Å². The van der Waals surface area contributed by atoms with Gasteiger partial charge in [-0.1, -0.05) is 6.07 Å². The van der Waals surface area contributed by atoms with E-state index in [4.69, 9.17) is 14.2 Å². The van der Waals surface area contributed by atoms with Gasteiger partial charge in [0, 0.05) is 45.9 Å². The highest BCUT2D eigenvalue weighted by atomic mass is 127. The van der Waals surface area contributed by atoms with Crippen LogP contribution in [-0.2, 0) is 16.0 Å². The van der Waals surface area contributed by atoms with E-state index < -0.39 is 5.82 Å². The van der Waals surface area contributed by atoms with Gasteiger partial charge >= 0.3 is 0 Å². The van der Waals surface area contributed by atoms with Crippen LogP contribution in [0.15, 0.2) is 47.7 Å². The average molecular weight is 544 g/mol. The SMILES string of the molecule is CN=C(NCc1ccc(Oc2cccnc2)c(F)c1)N1CCC(COCCOC)C1.I. The molecule has 1 unspecified atom stereocenters. The van der Waals surface area contributed by atoms with E-state index in [1.165, 1.54) is 6.07 Å². The summed E-state index contributed by atoms with van der Waals surface area (Å²) in [5.41, 5.74) is 0.811. The van der Waals surface area contributed by atoms with E-state index >= 15 is 0 Å². The molecular weight excluding hydrogens is 514 g/mol. The van der Waals surface area contributed by atoms with Crippen LogP contribution < -0.4 is 10.1 Å². The lowest BCUT2D eigenvalue weighted by molar-refractivity contribution is 0.0536. The number of nitrogens with zero attached hydrogens (tertiary/aromatic N) is 3. The smallest absolute Gasteiger partial charge is 0.193 e. The number of methoxy groups -OCH3 is 1. The van der Waals surface area contributed by atoms with E-state index in [2.05, 4.69) is 20.2 Å². The molecule has 1 saturated heterocycles. The number of ether oxygens (including phenoxy) is 3. The fourth-order valence-electron chi connectivity index (χ4n) is 3.34. The third kappa shape index (κ3) is 7.89. The van der Waals surface area contributed by atoms with Crippen molar-refractivity contribution in [1.82, 2.24) is 15.2 Å². The predicted octanol–water partition coefficient (Wildman–Crippen LogP) is 3.69. The second-order valence-electron chi connectivity index (χ2n) is 7.12. The summed E-state index contributed by atoms with van der Waals surface area (Å²) in [5, 5.41) is 3.32. The third-order valence-corrected chi connectivity index (χ3v) is 4.89. The topological polar surface area (TPSA) is 68.2 Å². The highest BCUT2D eigenvalue weighted by Crippen LogP contribution is 2.24. The van der Waals surface area contributed by atoms with Gasteiger partial charge in [0.15, 0.2) is 17.5 Å². The van der Waals surface area contributed by atoms with Gasteiger partial charge in [0.25, 0.3) is 0 Å². The van der Waals surface area contributed by atoms with Gasteiger partial charge in [-0.25, -0.2) is 4.39 Å². The molecule has 2 heterocycles. The van der Waals surface area contributed by atoms with E-state index in [0.29, 0.717) is 31.4 Å². The maximum Gasteiger partial charge on any atom is 0.193 e. The van der Waals surface area contributed by atoms with Gasteiger partial charge in [-0.3, -0.25) is 9.98 Å². The fraction of sp³-hybridized carbons (Fsp3) is 0.455. The Labute approximate surface area is 200 Å². The number of rotatable bonds is 9. The van der Waals surface area contributed by atoms with Crippen molar-refractivity contribution < 1.29 is 18.6 Å². The molecule has 3 rings (SSSR count). The Bertz CT molecular complexity index is 826. The van der Waals surface area contributed by atoms with Crippen molar-refractivity contribution in [2.24, 2.45) is 10.9 Å². The summed E-state index contributed by atoms with van der Waals surface area (Å²) >= 11 is 0. The molecule has 0 aliphatic carbocycles. The van der Waals surface area contributed by atoms with Gasteiger partial charge in [-0.2, -0.15) is 0 Å². The second-order valence-corrected chi connectivity index (χ2v) is 7.12. The minimum atomic E-state index is -0.414. The molecule has 0 radical (unpaired) electrons. The number of halogens is 2. The van der Waals surface area contributed by atoms with Crippen molar-refractivity contribution in [2.75, 3.05) is 47.1 Å². The molecule has 9 heteroatoms. The molecule has 1 aliphatic heterocycles. The van der Waals surface area contributed by atoms with Crippen molar-refractivity contribution in [1.29, 1.82) is 0 Å². The largest absolute Gasteiger partial charge is 0.453 e. The van der Waals surface area contributed by atoms with Crippen molar-refractivity contribution in [3.8, 4) is 11.5 Å². The number of benzene rings is 1. The second kappa shape index (κ2) is 13.4. The molecular formula is C22H30FIN4O3. The number of hydrogen-bond donors (Lipinski definition) is 1. The third-order valence-electron chi connectivity index (χ3n) is 4.89. The Morgan fingerprint density at radius 2 is 2.19 bits per heavy atom. The van der Waals surface area contributed by atoms with Crippen LogP contribution in [0.4, 0.5) is 4.39 Å². The minimum Gasteiger partial charge on any atom is -0.453 e. The number of hydrogen-bond acceptors (Lipinski definition) is 5. The molecule has 1 fully saturated rings. The Balaban J connectivity index is 0.00000341. The predicted molar refractivity (Wildman–Crippen MR) is 129 cm³/mol. The standard InChI is InChI=1S/C22H29FN4O3.HI/c1-24-22(27-9-7-18(15-27)16-29-11-10-28-2)26-13-17-5-6-21(20(23)12-17)30-19-4-3-8-25-14-19;/h3-6,8,12,14,18H,7,9-11,13,15-16H2,1-2H3,(H,24,26);1H. The molecule has 1 aromatic carbocycles. The van der Waals surface area contributed by atoms with E-state index in [9.17, 15) is 4.39 Å². The first-order valence-electron chi connectivity index (χ1n) is 10.1. The number of guanidine groups is 1. The summed E-state index contributed by atoms with van der Waals surface area (Å²) in [5.74, 6) is 1.54. The monoisotopic (exact) mass is 544 g/mol. The zero-order valence-electron chi connectivity index (χ0n) is 17.9. The molecule has 1 aliphatic rings. The molecule has 1 atom stereocenters. The number of aliphatic imine (C=N–C) groups is 1. The fourth-order valence-corrected chi connectivity index (χ4v) is 3.34. The summed E-state index contributed by atoms with van der Waals surface area (Å²) in [6.45, 7) is 4.24. The lowest BCUT2D eigenvalue weighted by atomic mass is 10.1. The van der Waals surface area contributed by atoms with Crippen LogP contribution in [0.25, 0.3) is 0 Å².